The fraction of sp³-hybridized carbons (Fsp3) is 0.538. The fourth-order valence-electron chi connectivity index (χ4n) is 1.40. The highest BCUT2D eigenvalue weighted by Gasteiger charge is 2.04. The second kappa shape index (κ2) is 7.25. The Hall–Kier alpha value is -1.06. The Morgan fingerprint density at radius 2 is 2.25 bits per heavy atom. The van der Waals surface area contributed by atoms with Crippen molar-refractivity contribution in [1.82, 2.24) is 5.32 Å². The third kappa shape index (κ3) is 5.14. The molecule has 0 bridgehead atoms. The quantitative estimate of drug-likeness (QED) is 0.692. The van der Waals surface area contributed by atoms with Gasteiger partial charge < -0.3 is 15.2 Å². The van der Waals surface area contributed by atoms with E-state index >= 15 is 0 Å². The second-order valence-electron chi connectivity index (χ2n) is 3.99. The molecule has 3 nitrogen and oxygen atoms in total. The maximum absolute atomic E-state index is 9.62. The minimum absolute atomic E-state index is 0.333. The number of aryl methyl sites for hydroxylation is 1. The molecule has 0 radical (unpaired) electrons. The standard InChI is InChI=1S/C13H21NO2/c1-3-7-14-9-12(15)10-16-13-6-4-5-11(2)8-13/h4-6,8,12,14-15H,3,7,9-10H2,1-2H3/t12-/m1/s1. The van der Waals surface area contributed by atoms with Crippen molar-refractivity contribution in [2.24, 2.45) is 0 Å². The van der Waals surface area contributed by atoms with Crippen LogP contribution >= 0.6 is 0 Å². The van der Waals surface area contributed by atoms with Gasteiger partial charge in [0.1, 0.15) is 18.5 Å². The highest BCUT2D eigenvalue weighted by atomic mass is 16.5. The second-order valence-corrected chi connectivity index (χ2v) is 3.99. The number of aliphatic hydroxyl groups excluding tert-OH is 1. The van der Waals surface area contributed by atoms with E-state index in [0.29, 0.717) is 13.2 Å². The van der Waals surface area contributed by atoms with Gasteiger partial charge in [-0.05, 0) is 37.6 Å². The van der Waals surface area contributed by atoms with Gasteiger partial charge in [0.15, 0.2) is 0 Å². The summed E-state index contributed by atoms with van der Waals surface area (Å²) in [5, 5.41) is 12.8. The van der Waals surface area contributed by atoms with Gasteiger partial charge in [0, 0.05) is 6.54 Å². The van der Waals surface area contributed by atoms with Crippen molar-refractivity contribution in [3.63, 3.8) is 0 Å². The molecule has 0 aliphatic carbocycles. The van der Waals surface area contributed by atoms with Crippen molar-refractivity contribution in [1.29, 1.82) is 0 Å². The van der Waals surface area contributed by atoms with E-state index < -0.39 is 6.10 Å². The van der Waals surface area contributed by atoms with Gasteiger partial charge in [0.25, 0.3) is 0 Å². The monoisotopic (exact) mass is 223 g/mol. The average molecular weight is 223 g/mol. The maximum Gasteiger partial charge on any atom is 0.119 e. The summed E-state index contributed by atoms with van der Waals surface area (Å²) in [6, 6.07) is 7.84. The SMILES string of the molecule is CCCNC[C@@H](O)COc1cccc(C)c1. The van der Waals surface area contributed by atoms with Crippen LogP contribution in [0.4, 0.5) is 0 Å². The minimum atomic E-state index is -0.452. The lowest BCUT2D eigenvalue weighted by atomic mass is 10.2. The molecule has 16 heavy (non-hydrogen) atoms. The number of hydrogen-bond acceptors (Lipinski definition) is 3. The average Bonchev–Trinajstić information content (AvgIpc) is 2.27. The van der Waals surface area contributed by atoms with E-state index in [9.17, 15) is 5.11 Å². The minimum Gasteiger partial charge on any atom is -0.491 e. The van der Waals surface area contributed by atoms with Gasteiger partial charge in [-0.25, -0.2) is 0 Å². The zero-order chi connectivity index (χ0) is 11.8. The zero-order valence-electron chi connectivity index (χ0n) is 10.1. The molecular weight excluding hydrogens is 202 g/mol. The molecule has 0 amide bonds. The van der Waals surface area contributed by atoms with Gasteiger partial charge in [0.05, 0.1) is 0 Å². The van der Waals surface area contributed by atoms with E-state index in [-0.39, 0.29) is 0 Å². The van der Waals surface area contributed by atoms with Crippen LogP contribution in [0.1, 0.15) is 18.9 Å². The molecule has 1 atom stereocenters. The Morgan fingerprint density at radius 3 is 2.94 bits per heavy atom. The van der Waals surface area contributed by atoms with Crippen molar-refractivity contribution in [3.8, 4) is 5.75 Å². The van der Waals surface area contributed by atoms with Crippen LogP contribution in [0.2, 0.25) is 0 Å². The molecule has 0 spiro atoms. The van der Waals surface area contributed by atoms with Crippen molar-refractivity contribution >= 4 is 0 Å². The maximum atomic E-state index is 9.62. The first kappa shape index (κ1) is 13.0. The van der Waals surface area contributed by atoms with Crippen molar-refractivity contribution in [2.45, 2.75) is 26.4 Å². The Kier molecular flexibility index (Phi) is 5.90. The number of aliphatic hydroxyl groups is 1. The van der Waals surface area contributed by atoms with Crippen LogP contribution in [0.25, 0.3) is 0 Å². The Labute approximate surface area is 97.4 Å². The molecule has 0 saturated heterocycles. The predicted octanol–water partition coefficient (Wildman–Crippen LogP) is 1.73. The van der Waals surface area contributed by atoms with Gasteiger partial charge in [0.2, 0.25) is 0 Å². The summed E-state index contributed by atoms with van der Waals surface area (Å²) < 4.78 is 5.49. The van der Waals surface area contributed by atoms with E-state index in [1.807, 2.05) is 31.2 Å². The molecule has 1 rings (SSSR count). The lowest BCUT2D eigenvalue weighted by molar-refractivity contribution is 0.106. The van der Waals surface area contributed by atoms with Gasteiger partial charge in [-0.1, -0.05) is 19.1 Å². The van der Waals surface area contributed by atoms with Crippen LogP contribution in [0.15, 0.2) is 24.3 Å². The van der Waals surface area contributed by atoms with Crippen LogP contribution in [0, 0.1) is 6.92 Å². The summed E-state index contributed by atoms with van der Waals surface area (Å²) in [4.78, 5) is 0. The fourth-order valence-corrected chi connectivity index (χ4v) is 1.40. The number of benzene rings is 1. The molecule has 3 heteroatoms. The van der Waals surface area contributed by atoms with E-state index in [2.05, 4.69) is 12.2 Å². The number of nitrogens with one attached hydrogen (secondary N) is 1. The summed E-state index contributed by atoms with van der Waals surface area (Å²) in [7, 11) is 0. The summed E-state index contributed by atoms with van der Waals surface area (Å²) >= 11 is 0. The number of ether oxygens (including phenoxy) is 1. The smallest absolute Gasteiger partial charge is 0.119 e. The van der Waals surface area contributed by atoms with Crippen LogP contribution in [0.3, 0.4) is 0 Å². The van der Waals surface area contributed by atoms with Crippen LogP contribution in [-0.2, 0) is 0 Å². The first-order valence-electron chi connectivity index (χ1n) is 5.80. The highest BCUT2D eigenvalue weighted by Crippen LogP contribution is 2.12. The van der Waals surface area contributed by atoms with E-state index in [1.165, 1.54) is 0 Å². The lowest BCUT2D eigenvalue weighted by Crippen LogP contribution is -2.31. The Bertz CT molecular complexity index is 302. The molecule has 1 aromatic rings. The Balaban J connectivity index is 2.23. The molecule has 90 valence electrons. The molecule has 2 N–H and O–H groups in total. The van der Waals surface area contributed by atoms with Gasteiger partial charge in [-0.3, -0.25) is 0 Å². The predicted molar refractivity (Wildman–Crippen MR) is 65.8 cm³/mol. The molecule has 0 fully saturated rings. The first-order valence-corrected chi connectivity index (χ1v) is 5.80. The van der Waals surface area contributed by atoms with Crippen molar-refractivity contribution < 1.29 is 9.84 Å². The topological polar surface area (TPSA) is 41.5 Å². The van der Waals surface area contributed by atoms with E-state index in [1.54, 1.807) is 0 Å². The first-order chi connectivity index (χ1) is 7.72. The largest absolute Gasteiger partial charge is 0.491 e. The van der Waals surface area contributed by atoms with Crippen molar-refractivity contribution in [2.75, 3.05) is 19.7 Å². The third-order valence-electron chi connectivity index (χ3n) is 2.24. The molecule has 0 heterocycles. The molecule has 0 saturated carbocycles. The molecular formula is C13H21NO2. The van der Waals surface area contributed by atoms with Crippen LogP contribution < -0.4 is 10.1 Å². The summed E-state index contributed by atoms with van der Waals surface area (Å²) in [6.45, 7) is 5.97. The van der Waals surface area contributed by atoms with Gasteiger partial charge >= 0.3 is 0 Å². The van der Waals surface area contributed by atoms with Gasteiger partial charge in [-0.2, -0.15) is 0 Å². The summed E-state index contributed by atoms with van der Waals surface area (Å²) in [5.41, 5.74) is 1.16. The van der Waals surface area contributed by atoms with Gasteiger partial charge in [-0.15, -0.1) is 0 Å². The third-order valence-corrected chi connectivity index (χ3v) is 2.24. The normalized spacial score (nSPS) is 12.4. The summed E-state index contributed by atoms with van der Waals surface area (Å²) in [6.07, 6.45) is 0.623. The molecule has 0 aliphatic rings. The van der Waals surface area contributed by atoms with Crippen molar-refractivity contribution in [3.05, 3.63) is 29.8 Å². The number of hydrogen-bond donors (Lipinski definition) is 2. The van der Waals surface area contributed by atoms with E-state index in [0.717, 1.165) is 24.3 Å². The molecule has 0 unspecified atom stereocenters. The summed E-state index contributed by atoms with van der Waals surface area (Å²) in [5.74, 6) is 0.814. The molecule has 0 aromatic heterocycles. The van der Waals surface area contributed by atoms with Crippen LogP contribution in [0.5, 0.6) is 5.75 Å². The number of rotatable bonds is 7. The van der Waals surface area contributed by atoms with E-state index in [4.69, 9.17) is 4.74 Å². The lowest BCUT2D eigenvalue weighted by Gasteiger charge is -2.13. The van der Waals surface area contributed by atoms with Crippen LogP contribution in [-0.4, -0.2) is 30.9 Å². The molecule has 0 aliphatic heterocycles. The Morgan fingerprint density at radius 1 is 1.44 bits per heavy atom. The highest BCUT2D eigenvalue weighted by molar-refractivity contribution is 5.27. The zero-order valence-corrected chi connectivity index (χ0v) is 10.1. The molecule has 1 aromatic carbocycles.